The van der Waals surface area contributed by atoms with Gasteiger partial charge in [0.05, 0.1) is 11.6 Å². The van der Waals surface area contributed by atoms with Crippen LogP contribution < -0.4 is 4.74 Å². The maximum atomic E-state index is 10.6. The first-order valence-corrected chi connectivity index (χ1v) is 7.01. The Bertz CT molecular complexity index is 469. The monoisotopic (exact) mass is 312 g/mol. The molecule has 0 saturated carbocycles. The molecule has 0 bridgehead atoms. The van der Waals surface area contributed by atoms with Crippen LogP contribution in [0.2, 0.25) is 0 Å². The minimum Gasteiger partial charge on any atom is -0.495 e. The Morgan fingerprint density at radius 1 is 1.50 bits per heavy atom. The van der Waals surface area contributed by atoms with Crippen molar-refractivity contribution in [2.75, 3.05) is 7.11 Å². The Morgan fingerprint density at radius 3 is 2.94 bits per heavy atom. The lowest BCUT2D eigenvalue weighted by molar-refractivity contribution is -0.137. The van der Waals surface area contributed by atoms with E-state index in [0.29, 0.717) is 6.42 Å². The highest BCUT2D eigenvalue weighted by atomic mass is 79.9. The number of carbonyl (C=O) groups is 1. The second-order valence-electron chi connectivity index (χ2n) is 4.62. The minimum atomic E-state index is -0.741. The summed E-state index contributed by atoms with van der Waals surface area (Å²) in [4.78, 5) is 10.6. The molecule has 0 saturated heterocycles. The average molecular weight is 313 g/mol. The van der Waals surface area contributed by atoms with Gasteiger partial charge in [0, 0.05) is 6.42 Å². The lowest BCUT2D eigenvalue weighted by Crippen LogP contribution is -2.00. The first-order valence-electron chi connectivity index (χ1n) is 6.22. The van der Waals surface area contributed by atoms with Crippen molar-refractivity contribution in [3.8, 4) is 5.75 Å². The van der Waals surface area contributed by atoms with E-state index in [4.69, 9.17) is 9.84 Å². The van der Waals surface area contributed by atoms with Gasteiger partial charge >= 0.3 is 5.97 Å². The molecule has 0 aliphatic heterocycles. The van der Waals surface area contributed by atoms with Crippen molar-refractivity contribution in [2.45, 2.75) is 38.5 Å². The third-order valence-electron chi connectivity index (χ3n) is 3.41. The Hall–Kier alpha value is -1.03. The van der Waals surface area contributed by atoms with Crippen LogP contribution in [-0.4, -0.2) is 18.2 Å². The van der Waals surface area contributed by atoms with E-state index in [1.807, 2.05) is 0 Å². The summed E-state index contributed by atoms with van der Waals surface area (Å²) in [6.07, 6.45) is 5.01. The molecule has 0 aromatic heterocycles. The van der Waals surface area contributed by atoms with Gasteiger partial charge in [-0.25, -0.2) is 0 Å². The number of halogens is 1. The van der Waals surface area contributed by atoms with Crippen molar-refractivity contribution >= 4 is 21.9 Å². The largest absolute Gasteiger partial charge is 0.495 e. The van der Waals surface area contributed by atoms with Gasteiger partial charge in [-0.3, -0.25) is 4.79 Å². The highest BCUT2D eigenvalue weighted by molar-refractivity contribution is 9.10. The van der Waals surface area contributed by atoms with Gasteiger partial charge in [-0.05, 0) is 64.7 Å². The molecule has 18 heavy (non-hydrogen) atoms. The number of methoxy groups -OCH3 is 1. The van der Waals surface area contributed by atoms with Crippen LogP contribution in [0, 0.1) is 0 Å². The fourth-order valence-electron chi connectivity index (χ4n) is 2.57. The van der Waals surface area contributed by atoms with Crippen LogP contribution in [0.4, 0.5) is 0 Å². The van der Waals surface area contributed by atoms with Crippen molar-refractivity contribution in [3.05, 3.63) is 27.2 Å². The lowest BCUT2D eigenvalue weighted by atomic mass is 10.0. The summed E-state index contributed by atoms with van der Waals surface area (Å²) in [6.45, 7) is 0. The molecular weight excluding hydrogens is 296 g/mol. The molecule has 0 amide bonds. The second-order valence-corrected chi connectivity index (χ2v) is 5.41. The van der Waals surface area contributed by atoms with Gasteiger partial charge < -0.3 is 9.84 Å². The molecule has 0 fully saturated rings. The number of rotatable bonds is 5. The van der Waals surface area contributed by atoms with Crippen molar-refractivity contribution in [3.63, 3.8) is 0 Å². The minimum absolute atomic E-state index is 0.206. The van der Waals surface area contributed by atoms with E-state index in [1.54, 1.807) is 7.11 Å². The summed E-state index contributed by atoms with van der Waals surface area (Å²) in [5, 5.41) is 8.69. The normalized spacial score (nSPS) is 13.4. The topological polar surface area (TPSA) is 46.5 Å². The molecule has 0 spiro atoms. The SMILES string of the molecule is COc1c(CCCC(=O)O)cc2c(c1Br)CCC2. The Kier molecular flexibility index (Phi) is 4.27. The zero-order valence-corrected chi connectivity index (χ0v) is 12.0. The van der Waals surface area contributed by atoms with E-state index >= 15 is 0 Å². The molecule has 1 aromatic rings. The van der Waals surface area contributed by atoms with E-state index in [-0.39, 0.29) is 6.42 Å². The molecule has 3 nitrogen and oxygen atoms in total. The number of carboxylic acid groups (broad SMARTS) is 1. The van der Waals surface area contributed by atoms with Gasteiger partial charge in [-0.2, -0.15) is 0 Å². The summed E-state index contributed by atoms with van der Waals surface area (Å²) in [5.41, 5.74) is 3.85. The van der Waals surface area contributed by atoms with E-state index in [0.717, 1.165) is 35.0 Å². The predicted molar refractivity (Wildman–Crippen MR) is 73.3 cm³/mol. The van der Waals surface area contributed by atoms with E-state index in [1.165, 1.54) is 17.5 Å². The van der Waals surface area contributed by atoms with Crippen LogP contribution in [0.25, 0.3) is 0 Å². The molecule has 4 heteroatoms. The van der Waals surface area contributed by atoms with Crippen molar-refractivity contribution in [1.29, 1.82) is 0 Å². The zero-order valence-electron chi connectivity index (χ0n) is 10.5. The van der Waals surface area contributed by atoms with Crippen LogP contribution in [0.5, 0.6) is 5.75 Å². The standard InChI is InChI=1S/C14H17BrO3/c1-18-14-10(5-3-7-12(16)17)8-9-4-2-6-11(9)13(14)15/h8H,2-7H2,1H3,(H,16,17). The Labute approximate surface area is 115 Å². The number of hydrogen-bond donors (Lipinski definition) is 1. The number of carboxylic acids is 1. The van der Waals surface area contributed by atoms with Crippen LogP contribution in [0.15, 0.2) is 10.5 Å². The predicted octanol–water partition coefficient (Wildman–Crippen LogP) is 3.35. The first kappa shape index (κ1) is 13.4. The van der Waals surface area contributed by atoms with Gasteiger partial charge in [-0.1, -0.05) is 6.07 Å². The van der Waals surface area contributed by atoms with Crippen molar-refractivity contribution in [1.82, 2.24) is 0 Å². The number of aryl methyl sites for hydroxylation is 2. The lowest BCUT2D eigenvalue weighted by Gasteiger charge is -2.14. The van der Waals surface area contributed by atoms with Crippen LogP contribution >= 0.6 is 15.9 Å². The van der Waals surface area contributed by atoms with Gasteiger partial charge in [0.15, 0.2) is 0 Å². The van der Waals surface area contributed by atoms with Crippen LogP contribution in [0.1, 0.15) is 36.0 Å². The van der Waals surface area contributed by atoms with E-state index in [9.17, 15) is 4.79 Å². The smallest absolute Gasteiger partial charge is 0.303 e. The Morgan fingerprint density at radius 2 is 2.28 bits per heavy atom. The quantitative estimate of drug-likeness (QED) is 0.907. The highest BCUT2D eigenvalue weighted by Gasteiger charge is 2.20. The summed E-state index contributed by atoms with van der Waals surface area (Å²) in [5.74, 6) is 0.134. The third kappa shape index (κ3) is 2.69. The van der Waals surface area contributed by atoms with Crippen molar-refractivity contribution < 1.29 is 14.6 Å². The molecule has 98 valence electrons. The summed E-state index contributed by atoms with van der Waals surface area (Å²) in [6, 6.07) is 2.19. The molecule has 1 aliphatic carbocycles. The van der Waals surface area contributed by atoms with Gasteiger partial charge in [0.25, 0.3) is 0 Å². The summed E-state index contributed by atoms with van der Waals surface area (Å²) in [7, 11) is 1.67. The number of hydrogen-bond acceptors (Lipinski definition) is 2. The summed E-state index contributed by atoms with van der Waals surface area (Å²) >= 11 is 3.62. The molecule has 0 heterocycles. The van der Waals surface area contributed by atoms with Crippen molar-refractivity contribution in [2.24, 2.45) is 0 Å². The molecule has 1 N–H and O–H groups in total. The second kappa shape index (κ2) is 5.74. The van der Waals surface area contributed by atoms with E-state index in [2.05, 4.69) is 22.0 Å². The molecular formula is C14H17BrO3. The molecule has 0 radical (unpaired) electrons. The molecule has 1 aromatic carbocycles. The Balaban J connectivity index is 2.23. The number of ether oxygens (including phenoxy) is 1. The molecule has 0 unspecified atom stereocenters. The third-order valence-corrected chi connectivity index (χ3v) is 4.24. The first-order chi connectivity index (χ1) is 8.63. The molecule has 2 rings (SSSR count). The average Bonchev–Trinajstić information content (AvgIpc) is 2.77. The highest BCUT2D eigenvalue weighted by Crippen LogP contribution is 2.39. The fourth-order valence-corrected chi connectivity index (χ4v) is 3.44. The van der Waals surface area contributed by atoms with E-state index < -0.39 is 5.97 Å². The molecule has 0 atom stereocenters. The maximum Gasteiger partial charge on any atom is 0.303 e. The van der Waals surface area contributed by atoms with Crippen LogP contribution in [-0.2, 0) is 24.1 Å². The maximum absolute atomic E-state index is 10.6. The van der Waals surface area contributed by atoms with Gasteiger partial charge in [0.1, 0.15) is 5.75 Å². The molecule has 1 aliphatic rings. The number of benzene rings is 1. The summed E-state index contributed by atoms with van der Waals surface area (Å²) < 4.78 is 6.53. The number of aliphatic carboxylic acids is 1. The van der Waals surface area contributed by atoms with Crippen LogP contribution in [0.3, 0.4) is 0 Å². The number of fused-ring (bicyclic) bond motifs is 1. The van der Waals surface area contributed by atoms with Gasteiger partial charge in [-0.15, -0.1) is 0 Å². The fraction of sp³-hybridized carbons (Fsp3) is 0.500. The van der Waals surface area contributed by atoms with Gasteiger partial charge in [0.2, 0.25) is 0 Å². The zero-order chi connectivity index (χ0) is 13.1.